The molecule has 0 aliphatic rings. The van der Waals surface area contributed by atoms with Crippen molar-refractivity contribution in [2.24, 2.45) is 5.92 Å². The van der Waals surface area contributed by atoms with Crippen LogP contribution in [-0.4, -0.2) is 13.0 Å². The summed E-state index contributed by atoms with van der Waals surface area (Å²) < 4.78 is 19.2. The zero-order chi connectivity index (χ0) is 15.2. The molecule has 0 aliphatic heterocycles. The molecule has 1 nitrogen and oxygen atoms in total. The topological polar surface area (TPSA) is 9.23 Å². The van der Waals surface area contributed by atoms with E-state index in [0.29, 0.717) is 17.9 Å². The highest BCUT2D eigenvalue weighted by Crippen LogP contribution is 2.24. The summed E-state index contributed by atoms with van der Waals surface area (Å²) in [4.78, 5) is 0. The molecule has 3 heteroatoms. The molecule has 1 unspecified atom stereocenters. The van der Waals surface area contributed by atoms with Gasteiger partial charge in [-0.05, 0) is 48.4 Å². The predicted octanol–water partition coefficient (Wildman–Crippen LogP) is 4.78. The van der Waals surface area contributed by atoms with Crippen molar-refractivity contribution >= 4 is 11.6 Å². The molecule has 0 amide bonds. The molecule has 0 N–H and O–H groups in total. The highest BCUT2D eigenvalue weighted by molar-refractivity contribution is 6.18. The van der Waals surface area contributed by atoms with Crippen LogP contribution in [-0.2, 0) is 12.8 Å². The Balaban J connectivity index is 2.15. The van der Waals surface area contributed by atoms with Crippen LogP contribution < -0.4 is 4.74 Å². The van der Waals surface area contributed by atoms with Gasteiger partial charge in [0, 0.05) is 5.88 Å². The summed E-state index contributed by atoms with van der Waals surface area (Å²) in [6.45, 7) is 2.09. The number of halogens is 2. The summed E-state index contributed by atoms with van der Waals surface area (Å²) in [7, 11) is 1.48. The second-order valence-electron chi connectivity index (χ2n) is 5.29. The van der Waals surface area contributed by atoms with Crippen LogP contribution in [0.25, 0.3) is 0 Å². The summed E-state index contributed by atoms with van der Waals surface area (Å²) in [5.74, 6) is 0.719. The summed E-state index contributed by atoms with van der Waals surface area (Å²) >= 11 is 6.09. The zero-order valence-electron chi connectivity index (χ0n) is 12.4. The third-order valence-corrected chi connectivity index (χ3v) is 4.20. The molecule has 2 rings (SSSR count). The maximum absolute atomic E-state index is 14.2. The maximum Gasteiger partial charge on any atom is 0.168 e. The first kappa shape index (κ1) is 15.8. The lowest BCUT2D eigenvalue weighted by atomic mass is 9.92. The zero-order valence-corrected chi connectivity index (χ0v) is 13.2. The Labute approximate surface area is 130 Å². The van der Waals surface area contributed by atoms with E-state index < -0.39 is 0 Å². The molecule has 0 aromatic heterocycles. The highest BCUT2D eigenvalue weighted by atomic mass is 35.5. The van der Waals surface area contributed by atoms with Gasteiger partial charge < -0.3 is 4.74 Å². The minimum Gasteiger partial charge on any atom is -0.494 e. The molecule has 0 saturated heterocycles. The molecular formula is C18H20ClFO. The van der Waals surface area contributed by atoms with Crippen molar-refractivity contribution in [3.63, 3.8) is 0 Å². The van der Waals surface area contributed by atoms with Crippen LogP contribution in [0.5, 0.6) is 5.75 Å². The Kier molecular flexibility index (Phi) is 5.63. The van der Waals surface area contributed by atoms with E-state index in [9.17, 15) is 4.39 Å². The SMILES string of the molecule is COc1cccc(CC(CCl)Cc2ccccc2C)c1F. The summed E-state index contributed by atoms with van der Waals surface area (Å²) in [5, 5.41) is 0. The van der Waals surface area contributed by atoms with Crippen molar-refractivity contribution in [1.29, 1.82) is 0 Å². The van der Waals surface area contributed by atoms with E-state index >= 15 is 0 Å². The second-order valence-corrected chi connectivity index (χ2v) is 5.60. The van der Waals surface area contributed by atoms with Gasteiger partial charge in [0.1, 0.15) is 0 Å². The maximum atomic E-state index is 14.2. The molecule has 0 bridgehead atoms. The lowest BCUT2D eigenvalue weighted by Gasteiger charge is -2.16. The monoisotopic (exact) mass is 306 g/mol. The lowest BCUT2D eigenvalue weighted by molar-refractivity contribution is 0.382. The normalized spacial score (nSPS) is 12.2. The molecule has 1 atom stereocenters. The minimum atomic E-state index is -0.278. The molecule has 0 heterocycles. The number of rotatable bonds is 6. The van der Waals surface area contributed by atoms with Gasteiger partial charge in [-0.3, -0.25) is 0 Å². The first-order chi connectivity index (χ1) is 10.2. The fourth-order valence-electron chi connectivity index (χ4n) is 2.51. The third-order valence-electron chi connectivity index (χ3n) is 3.76. The predicted molar refractivity (Wildman–Crippen MR) is 85.7 cm³/mol. The van der Waals surface area contributed by atoms with Crippen molar-refractivity contribution in [2.45, 2.75) is 19.8 Å². The smallest absolute Gasteiger partial charge is 0.168 e. The minimum absolute atomic E-state index is 0.203. The molecule has 0 saturated carbocycles. The van der Waals surface area contributed by atoms with Crippen molar-refractivity contribution in [3.05, 3.63) is 65.0 Å². The molecule has 21 heavy (non-hydrogen) atoms. The summed E-state index contributed by atoms with van der Waals surface area (Å²) in [6, 6.07) is 13.5. The standard InChI is InChI=1S/C18H20ClFO/c1-13-6-3-4-7-15(13)10-14(12-19)11-16-8-5-9-17(21-2)18(16)20/h3-9,14H,10-12H2,1-2H3. The Bertz CT molecular complexity index is 598. The molecule has 0 spiro atoms. The van der Waals surface area contributed by atoms with E-state index in [-0.39, 0.29) is 17.5 Å². The second kappa shape index (κ2) is 7.46. The first-order valence-electron chi connectivity index (χ1n) is 7.07. The van der Waals surface area contributed by atoms with E-state index in [1.807, 2.05) is 18.2 Å². The Morgan fingerprint density at radius 3 is 2.38 bits per heavy atom. The molecule has 0 radical (unpaired) electrons. The highest BCUT2D eigenvalue weighted by Gasteiger charge is 2.15. The van der Waals surface area contributed by atoms with E-state index in [0.717, 1.165) is 6.42 Å². The number of methoxy groups -OCH3 is 1. The van der Waals surface area contributed by atoms with Crippen molar-refractivity contribution in [2.75, 3.05) is 13.0 Å². The van der Waals surface area contributed by atoms with E-state index in [4.69, 9.17) is 16.3 Å². The van der Waals surface area contributed by atoms with Gasteiger partial charge in [0.15, 0.2) is 11.6 Å². The number of ether oxygens (including phenoxy) is 1. The van der Waals surface area contributed by atoms with Crippen LogP contribution in [0.3, 0.4) is 0 Å². The number of hydrogen-bond donors (Lipinski definition) is 0. The van der Waals surface area contributed by atoms with Gasteiger partial charge in [-0.1, -0.05) is 36.4 Å². The lowest BCUT2D eigenvalue weighted by Crippen LogP contribution is -2.12. The number of benzene rings is 2. The van der Waals surface area contributed by atoms with Gasteiger partial charge in [-0.15, -0.1) is 11.6 Å². The van der Waals surface area contributed by atoms with Crippen LogP contribution in [0, 0.1) is 18.7 Å². The summed E-state index contributed by atoms with van der Waals surface area (Å²) in [5.41, 5.74) is 3.18. The van der Waals surface area contributed by atoms with Crippen molar-refractivity contribution in [1.82, 2.24) is 0 Å². The molecule has 0 fully saturated rings. The van der Waals surface area contributed by atoms with Gasteiger partial charge in [0.05, 0.1) is 7.11 Å². The van der Waals surface area contributed by atoms with Crippen LogP contribution in [0.4, 0.5) is 4.39 Å². The number of alkyl halides is 1. The molecular weight excluding hydrogens is 287 g/mol. The van der Waals surface area contributed by atoms with Gasteiger partial charge in [-0.2, -0.15) is 0 Å². The Morgan fingerprint density at radius 2 is 1.71 bits per heavy atom. The van der Waals surface area contributed by atoms with E-state index in [2.05, 4.69) is 19.1 Å². The van der Waals surface area contributed by atoms with Gasteiger partial charge in [0.2, 0.25) is 0 Å². The van der Waals surface area contributed by atoms with E-state index in [1.54, 1.807) is 12.1 Å². The average molecular weight is 307 g/mol. The van der Waals surface area contributed by atoms with Crippen molar-refractivity contribution in [3.8, 4) is 5.75 Å². The average Bonchev–Trinajstić information content (AvgIpc) is 2.50. The largest absolute Gasteiger partial charge is 0.494 e. The third kappa shape index (κ3) is 3.98. The Morgan fingerprint density at radius 1 is 1.05 bits per heavy atom. The molecule has 0 aliphatic carbocycles. The Hall–Kier alpha value is -1.54. The fourth-order valence-corrected chi connectivity index (χ4v) is 2.73. The number of aryl methyl sites for hydroxylation is 1. The molecule has 2 aromatic carbocycles. The fraction of sp³-hybridized carbons (Fsp3) is 0.333. The quantitative estimate of drug-likeness (QED) is 0.698. The molecule has 2 aromatic rings. The first-order valence-corrected chi connectivity index (χ1v) is 7.61. The van der Waals surface area contributed by atoms with Crippen LogP contribution in [0.15, 0.2) is 42.5 Å². The van der Waals surface area contributed by atoms with Crippen molar-refractivity contribution < 1.29 is 9.13 Å². The van der Waals surface area contributed by atoms with Crippen LogP contribution in [0.1, 0.15) is 16.7 Å². The van der Waals surface area contributed by atoms with Gasteiger partial charge in [-0.25, -0.2) is 4.39 Å². The van der Waals surface area contributed by atoms with Crippen LogP contribution >= 0.6 is 11.6 Å². The van der Waals surface area contributed by atoms with Gasteiger partial charge >= 0.3 is 0 Å². The van der Waals surface area contributed by atoms with Gasteiger partial charge in [0.25, 0.3) is 0 Å². The van der Waals surface area contributed by atoms with E-state index in [1.165, 1.54) is 18.2 Å². The number of hydrogen-bond acceptors (Lipinski definition) is 1. The summed E-state index contributed by atoms with van der Waals surface area (Å²) in [6.07, 6.45) is 1.47. The van der Waals surface area contributed by atoms with Crippen LogP contribution in [0.2, 0.25) is 0 Å². The molecule has 112 valence electrons.